The van der Waals surface area contributed by atoms with Gasteiger partial charge in [0.05, 0.1) is 17.6 Å². The number of ether oxygens (including phenoxy) is 2. The van der Waals surface area contributed by atoms with E-state index >= 15 is 0 Å². The molecule has 8 nitrogen and oxygen atoms in total. The van der Waals surface area contributed by atoms with Gasteiger partial charge in [-0.3, -0.25) is 14.9 Å². The van der Waals surface area contributed by atoms with E-state index < -0.39 is 4.92 Å². The molecule has 0 unspecified atom stereocenters. The van der Waals surface area contributed by atoms with Gasteiger partial charge in [-0.15, -0.1) is 0 Å². The summed E-state index contributed by atoms with van der Waals surface area (Å²) in [5, 5.41) is 14.7. The van der Waals surface area contributed by atoms with Crippen LogP contribution in [0.3, 0.4) is 0 Å². The Labute approximate surface area is 184 Å². The number of piperidine rings is 1. The molecule has 8 heteroatoms. The normalized spacial score (nSPS) is 18.2. The Bertz CT molecular complexity index is 741. The third-order valence-electron chi connectivity index (χ3n) is 5.94. The van der Waals surface area contributed by atoms with E-state index in [4.69, 9.17) is 9.47 Å². The van der Waals surface area contributed by atoms with Gasteiger partial charge >= 0.3 is 5.69 Å². The van der Waals surface area contributed by atoms with Crippen LogP contribution in [-0.2, 0) is 9.53 Å². The Morgan fingerprint density at radius 1 is 1.19 bits per heavy atom. The van der Waals surface area contributed by atoms with Crippen molar-refractivity contribution >= 4 is 17.3 Å². The summed E-state index contributed by atoms with van der Waals surface area (Å²) >= 11 is 0. The van der Waals surface area contributed by atoms with Crippen molar-refractivity contribution in [2.75, 3.05) is 31.6 Å². The van der Waals surface area contributed by atoms with E-state index in [2.05, 4.69) is 5.32 Å². The van der Waals surface area contributed by atoms with E-state index in [1.54, 1.807) is 12.1 Å². The van der Waals surface area contributed by atoms with Crippen molar-refractivity contribution < 1.29 is 19.2 Å². The number of nitrogens with zero attached hydrogens (tertiary/aromatic N) is 2. The first-order valence-corrected chi connectivity index (χ1v) is 11.5. The van der Waals surface area contributed by atoms with E-state index in [0.29, 0.717) is 19.7 Å². The maximum absolute atomic E-state index is 12.5. The van der Waals surface area contributed by atoms with Crippen LogP contribution >= 0.6 is 0 Å². The van der Waals surface area contributed by atoms with E-state index in [1.165, 1.54) is 25.3 Å². The topological polar surface area (TPSA) is 93.9 Å². The molecule has 1 aliphatic heterocycles. The minimum atomic E-state index is -0.418. The van der Waals surface area contributed by atoms with Gasteiger partial charge in [-0.1, -0.05) is 33.1 Å². The average Bonchev–Trinajstić information content (AvgIpc) is 2.77. The molecule has 1 saturated carbocycles. The first-order chi connectivity index (χ1) is 14.9. The summed E-state index contributed by atoms with van der Waals surface area (Å²) in [6.07, 6.45) is 7.70. The first kappa shape index (κ1) is 23.3. The highest BCUT2D eigenvalue weighted by atomic mass is 16.6. The lowest BCUT2D eigenvalue weighted by molar-refractivity contribution is -0.385. The van der Waals surface area contributed by atoms with E-state index in [0.717, 1.165) is 31.4 Å². The maximum atomic E-state index is 12.5. The van der Waals surface area contributed by atoms with E-state index in [9.17, 15) is 14.9 Å². The third kappa shape index (κ3) is 7.09. The number of anilines is 1. The Kier molecular flexibility index (Phi) is 8.51. The molecule has 1 heterocycles. The van der Waals surface area contributed by atoms with Crippen molar-refractivity contribution in [2.45, 2.75) is 70.9 Å². The van der Waals surface area contributed by atoms with Crippen molar-refractivity contribution in [3.8, 4) is 5.75 Å². The smallest absolute Gasteiger partial charge is 0.311 e. The molecule has 1 aliphatic carbocycles. The SMILES string of the molecule is CC(C)COc1cc(NC2CCN(C(=O)COC3CCCCC3)CC2)ccc1[N+](=O)[O-]. The van der Waals surface area contributed by atoms with Gasteiger partial charge in [-0.25, -0.2) is 0 Å². The molecule has 0 bridgehead atoms. The largest absolute Gasteiger partial charge is 0.486 e. The molecule has 1 aromatic carbocycles. The van der Waals surface area contributed by atoms with Crippen molar-refractivity contribution in [3.63, 3.8) is 0 Å². The van der Waals surface area contributed by atoms with Crippen molar-refractivity contribution in [1.29, 1.82) is 0 Å². The standard InChI is InChI=1S/C23H35N3O5/c1-17(2)15-31-22-14-19(8-9-21(22)26(28)29)24-18-10-12-25(13-11-18)23(27)16-30-20-6-4-3-5-7-20/h8-9,14,17-18,20,24H,3-7,10-13,15-16H2,1-2H3. The number of nitro groups is 1. The second kappa shape index (κ2) is 11.3. The summed E-state index contributed by atoms with van der Waals surface area (Å²) in [6, 6.07) is 5.12. The second-order valence-electron chi connectivity index (χ2n) is 9.01. The minimum absolute atomic E-state index is 0.0235. The van der Waals surface area contributed by atoms with E-state index in [-0.39, 0.29) is 42.0 Å². The molecule has 1 aromatic rings. The Morgan fingerprint density at radius 3 is 2.55 bits per heavy atom. The van der Waals surface area contributed by atoms with Gasteiger partial charge in [0.1, 0.15) is 6.61 Å². The number of amides is 1. The number of likely N-dealkylation sites (tertiary alicyclic amines) is 1. The van der Waals surface area contributed by atoms with Gasteiger partial charge in [0.15, 0.2) is 5.75 Å². The highest BCUT2D eigenvalue weighted by molar-refractivity contribution is 5.77. The summed E-state index contributed by atoms with van der Waals surface area (Å²) < 4.78 is 11.5. The molecule has 0 atom stereocenters. The lowest BCUT2D eigenvalue weighted by atomic mass is 9.98. The number of hydrogen-bond donors (Lipinski definition) is 1. The van der Waals surface area contributed by atoms with Crippen molar-refractivity contribution in [2.24, 2.45) is 5.92 Å². The zero-order chi connectivity index (χ0) is 22.2. The highest BCUT2D eigenvalue weighted by Gasteiger charge is 2.25. The first-order valence-electron chi connectivity index (χ1n) is 11.5. The molecule has 31 heavy (non-hydrogen) atoms. The van der Waals surface area contributed by atoms with Crippen molar-refractivity contribution in [3.05, 3.63) is 28.3 Å². The lowest BCUT2D eigenvalue weighted by Gasteiger charge is -2.33. The maximum Gasteiger partial charge on any atom is 0.311 e. The van der Waals surface area contributed by atoms with Crippen LogP contribution in [-0.4, -0.2) is 54.2 Å². The van der Waals surface area contributed by atoms with Crippen LogP contribution in [0.25, 0.3) is 0 Å². The van der Waals surface area contributed by atoms with Gasteiger partial charge in [0, 0.05) is 37.0 Å². The molecule has 2 aliphatic rings. The molecule has 1 N–H and O–H groups in total. The fourth-order valence-electron chi connectivity index (χ4n) is 4.15. The van der Waals surface area contributed by atoms with E-state index in [1.807, 2.05) is 18.7 Å². The van der Waals surface area contributed by atoms with Crippen LogP contribution in [0, 0.1) is 16.0 Å². The summed E-state index contributed by atoms with van der Waals surface area (Å²) in [4.78, 5) is 25.2. The second-order valence-corrected chi connectivity index (χ2v) is 9.01. The fourth-order valence-corrected chi connectivity index (χ4v) is 4.15. The molecule has 1 amide bonds. The number of nitrogens with one attached hydrogen (secondary N) is 1. The monoisotopic (exact) mass is 433 g/mol. The lowest BCUT2D eigenvalue weighted by Crippen LogP contribution is -2.44. The molecule has 0 radical (unpaired) electrons. The third-order valence-corrected chi connectivity index (χ3v) is 5.94. The highest BCUT2D eigenvalue weighted by Crippen LogP contribution is 2.31. The number of carbonyl (C=O) groups excluding carboxylic acids is 1. The van der Waals surface area contributed by atoms with Gasteiger partial charge in [-0.2, -0.15) is 0 Å². The number of hydrogen-bond acceptors (Lipinski definition) is 6. The Hall–Kier alpha value is -2.35. The quantitative estimate of drug-likeness (QED) is 0.459. The fraction of sp³-hybridized carbons (Fsp3) is 0.696. The Balaban J connectivity index is 1.48. The summed E-state index contributed by atoms with van der Waals surface area (Å²) in [6.45, 7) is 5.99. The molecule has 2 fully saturated rings. The number of benzene rings is 1. The van der Waals surface area contributed by atoms with Crippen LogP contribution in [0.2, 0.25) is 0 Å². The number of carbonyl (C=O) groups is 1. The van der Waals surface area contributed by atoms with Gasteiger partial charge < -0.3 is 19.7 Å². The predicted molar refractivity (Wildman–Crippen MR) is 119 cm³/mol. The molecular formula is C23H35N3O5. The molecule has 172 valence electrons. The van der Waals surface area contributed by atoms with Crippen LogP contribution in [0.15, 0.2) is 18.2 Å². The zero-order valence-electron chi connectivity index (χ0n) is 18.7. The number of rotatable bonds is 9. The van der Waals surface area contributed by atoms with Crippen molar-refractivity contribution in [1.82, 2.24) is 4.90 Å². The van der Waals surface area contributed by atoms with Crippen LogP contribution in [0.1, 0.15) is 58.8 Å². The van der Waals surface area contributed by atoms with Crippen LogP contribution in [0.5, 0.6) is 5.75 Å². The average molecular weight is 434 g/mol. The summed E-state index contributed by atoms with van der Waals surface area (Å²) in [5.41, 5.74) is 0.777. The van der Waals surface area contributed by atoms with Crippen LogP contribution < -0.4 is 10.1 Å². The number of nitro benzene ring substituents is 1. The molecule has 3 rings (SSSR count). The molecule has 0 aromatic heterocycles. The predicted octanol–water partition coefficient (Wildman–Crippen LogP) is 4.38. The Morgan fingerprint density at radius 2 is 1.90 bits per heavy atom. The summed E-state index contributed by atoms with van der Waals surface area (Å²) in [5.74, 6) is 0.639. The minimum Gasteiger partial charge on any atom is -0.486 e. The molecule has 0 spiro atoms. The molecule has 1 saturated heterocycles. The molecular weight excluding hydrogens is 398 g/mol. The van der Waals surface area contributed by atoms with Gasteiger partial charge in [0.2, 0.25) is 5.91 Å². The van der Waals surface area contributed by atoms with Crippen LogP contribution in [0.4, 0.5) is 11.4 Å². The van der Waals surface area contributed by atoms with Gasteiger partial charge in [-0.05, 0) is 37.7 Å². The summed E-state index contributed by atoms with van der Waals surface area (Å²) in [7, 11) is 0. The van der Waals surface area contributed by atoms with Gasteiger partial charge in [0.25, 0.3) is 0 Å². The zero-order valence-corrected chi connectivity index (χ0v) is 18.7.